The van der Waals surface area contributed by atoms with Gasteiger partial charge in [0.2, 0.25) is 0 Å². The van der Waals surface area contributed by atoms with Crippen LogP contribution in [0.15, 0.2) is 36.7 Å². The van der Waals surface area contributed by atoms with Crippen molar-refractivity contribution < 1.29 is 23.8 Å². The van der Waals surface area contributed by atoms with E-state index < -0.39 is 17.3 Å². The largest absolute Gasteiger partial charge is 0.494 e. The summed E-state index contributed by atoms with van der Waals surface area (Å²) in [5.74, 6) is 0.310. The van der Waals surface area contributed by atoms with Crippen LogP contribution in [-0.4, -0.2) is 73.0 Å². The second-order valence-corrected chi connectivity index (χ2v) is 13.8. The first-order valence-electron chi connectivity index (χ1n) is 15.5. The van der Waals surface area contributed by atoms with E-state index in [9.17, 15) is 14.9 Å². The molecule has 12 nitrogen and oxygen atoms in total. The van der Waals surface area contributed by atoms with E-state index in [0.29, 0.717) is 46.8 Å². The fourth-order valence-electron chi connectivity index (χ4n) is 6.13. The molecule has 4 aromatic rings. The molecule has 46 heavy (non-hydrogen) atoms. The third-order valence-electron chi connectivity index (χ3n) is 8.15. The number of methoxy groups -OCH3 is 1. The number of hydrogen-bond donors (Lipinski definition) is 0. The summed E-state index contributed by atoms with van der Waals surface area (Å²) >= 11 is 0. The topological polar surface area (TPSA) is 137 Å². The molecule has 1 aliphatic heterocycles. The van der Waals surface area contributed by atoms with Crippen molar-refractivity contribution in [2.75, 3.05) is 20.2 Å². The third-order valence-corrected chi connectivity index (χ3v) is 8.15. The molecule has 2 atom stereocenters. The molecular formula is C34H39N7O5. The van der Waals surface area contributed by atoms with E-state index in [2.05, 4.69) is 11.2 Å². The minimum atomic E-state index is -0.748. The molecule has 0 N–H and O–H groups in total. The molecule has 1 amide bonds. The Balaban J connectivity index is 1.43. The number of likely N-dealkylation sites (tertiary alicyclic amines) is 1. The second kappa shape index (κ2) is 11.5. The van der Waals surface area contributed by atoms with Crippen LogP contribution in [0.3, 0.4) is 0 Å². The summed E-state index contributed by atoms with van der Waals surface area (Å²) < 4.78 is 20.1. The highest BCUT2D eigenvalue weighted by atomic mass is 16.6. The summed E-state index contributed by atoms with van der Waals surface area (Å²) in [7, 11) is 1.56. The van der Waals surface area contributed by atoms with E-state index >= 15 is 0 Å². The number of fused-ring (bicyclic) bond motifs is 2. The van der Waals surface area contributed by atoms with E-state index in [1.807, 2.05) is 49.8 Å². The molecule has 1 aromatic carbocycles. The van der Waals surface area contributed by atoms with Crippen LogP contribution in [0.2, 0.25) is 0 Å². The van der Waals surface area contributed by atoms with Gasteiger partial charge in [0.1, 0.15) is 39.4 Å². The molecule has 6 rings (SSSR count). The van der Waals surface area contributed by atoms with Crippen molar-refractivity contribution in [2.24, 2.45) is 0 Å². The van der Waals surface area contributed by atoms with E-state index in [0.717, 1.165) is 36.0 Å². The zero-order valence-electron chi connectivity index (χ0n) is 27.3. The minimum absolute atomic E-state index is 0.0518. The normalized spacial score (nSPS) is 18.0. The van der Waals surface area contributed by atoms with Crippen molar-refractivity contribution in [1.29, 1.82) is 5.26 Å². The molecule has 1 saturated heterocycles. The van der Waals surface area contributed by atoms with Crippen LogP contribution < -0.4 is 4.74 Å². The number of pyridine rings is 1. The summed E-state index contributed by atoms with van der Waals surface area (Å²) in [4.78, 5) is 32.9. The van der Waals surface area contributed by atoms with Gasteiger partial charge in [-0.2, -0.15) is 20.1 Å². The van der Waals surface area contributed by atoms with Gasteiger partial charge in [-0.1, -0.05) is 18.2 Å². The van der Waals surface area contributed by atoms with E-state index in [4.69, 9.17) is 24.3 Å². The zero-order valence-corrected chi connectivity index (χ0v) is 27.3. The molecule has 0 saturated carbocycles. The number of hydrogen-bond acceptors (Lipinski definition) is 9. The molecule has 2 aliphatic rings. The number of rotatable bonds is 4. The third kappa shape index (κ3) is 5.89. The Hall–Kier alpha value is -4.92. The van der Waals surface area contributed by atoms with Crippen LogP contribution in [0.4, 0.5) is 9.59 Å². The highest BCUT2D eigenvalue weighted by Gasteiger charge is 2.33. The lowest BCUT2D eigenvalue weighted by molar-refractivity contribution is 0.0288. The van der Waals surface area contributed by atoms with Crippen LogP contribution in [0.25, 0.3) is 33.5 Å². The maximum atomic E-state index is 13.4. The summed E-state index contributed by atoms with van der Waals surface area (Å²) in [6, 6.07) is 10.0. The number of carbonyl (C=O) groups is 2. The first-order valence-corrected chi connectivity index (χ1v) is 15.5. The number of amides is 1. The van der Waals surface area contributed by atoms with Crippen LogP contribution >= 0.6 is 0 Å². The number of nitrogens with zero attached hydrogens (tertiary/aromatic N) is 7. The predicted octanol–water partition coefficient (Wildman–Crippen LogP) is 6.49. The Morgan fingerprint density at radius 3 is 2.46 bits per heavy atom. The van der Waals surface area contributed by atoms with Crippen molar-refractivity contribution in [1.82, 2.24) is 29.4 Å². The second-order valence-electron chi connectivity index (χ2n) is 13.8. The molecule has 2 unspecified atom stereocenters. The predicted molar refractivity (Wildman–Crippen MR) is 171 cm³/mol. The number of benzene rings is 1. The van der Waals surface area contributed by atoms with Gasteiger partial charge in [0, 0.05) is 36.5 Å². The van der Waals surface area contributed by atoms with Crippen molar-refractivity contribution in [2.45, 2.75) is 84.0 Å². The fourth-order valence-corrected chi connectivity index (χ4v) is 6.13. The van der Waals surface area contributed by atoms with E-state index in [-0.39, 0.29) is 18.1 Å². The van der Waals surface area contributed by atoms with Gasteiger partial charge in [-0.25, -0.2) is 14.6 Å². The number of ether oxygens (including phenoxy) is 3. The van der Waals surface area contributed by atoms with Gasteiger partial charge in [0.15, 0.2) is 0 Å². The Labute approximate surface area is 267 Å². The van der Waals surface area contributed by atoms with Gasteiger partial charge in [-0.05, 0) is 71.9 Å². The minimum Gasteiger partial charge on any atom is -0.494 e. The SMILES string of the molecule is COc1cc2c(nc1-c1cccc3c1CCC3C#N)c(-c1cnn(C3CCN(C(=O)OC(C)(C)C)C3)c1)nn2C(=O)OC(C)(C)C. The Morgan fingerprint density at radius 1 is 1.02 bits per heavy atom. The van der Waals surface area contributed by atoms with E-state index in [1.165, 1.54) is 4.68 Å². The summed E-state index contributed by atoms with van der Waals surface area (Å²) in [5, 5.41) is 19.1. The summed E-state index contributed by atoms with van der Waals surface area (Å²) in [5.41, 5.74) is 4.27. The van der Waals surface area contributed by atoms with E-state index in [1.54, 1.807) is 45.0 Å². The summed E-state index contributed by atoms with van der Waals surface area (Å²) in [6.45, 7) is 12.0. The Morgan fingerprint density at radius 2 is 1.76 bits per heavy atom. The standard InChI is InChI=1S/C34H39N7O5/c1-33(2,3)45-31(42)39-14-13-22(19-39)40-18-21(17-36-40)28-30-26(41(38-28)32(43)46-34(4,5)6)15-27(44-7)29(37-30)25-10-8-9-23-20(16-35)11-12-24(23)25/h8-10,15,17-18,20,22H,11-14,19H2,1-7H3. The van der Waals surface area contributed by atoms with Gasteiger partial charge in [-0.3, -0.25) is 4.68 Å². The molecule has 240 valence electrons. The Kier molecular flexibility index (Phi) is 7.74. The lowest BCUT2D eigenvalue weighted by Crippen LogP contribution is -2.35. The van der Waals surface area contributed by atoms with Crippen LogP contribution in [0.5, 0.6) is 5.75 Å². The molecule has 3 aromatic heterocycles. The molecule has 0 spiro atoms. The number of carbonyl (C=O) groups excluding carboxylic acids is 2. The van der Waals surface area contributed by atoms with Crippen LogP contribution in [0.1, 0.15) is 77.5 Å². The maximum Gasteiger partial charge on any atom is 0.435 e. The van der Waals surface area contributed by atoms with Crippen molar-refractivity contribution in [3.05, 3.63) is 47.8 Å². The molecule has 1 fully saturated rings. The quantitative estimate of drug-likeness (QED) is 0.249. The van der Waals surface area contributed by atoms with Gasteiger partial charge in [0.05, 0.1) is 31.3 Å². The van der Waals surface area contributed by atoms with Crippen molar-refractivity contribution in [3.63, 3.8) is 0 Å². The molecule has 0 radical (unpaired) electrons. The number of nitriles is 1. The molecule has 1 aliphatic carbocycles. The molecule has 0 bridgehead atoms. The number of aromatic nitrogens is 5. The molecule has 12 heteroatoms. The van der Waals surface area contributed by atoms with Gasteiger partial charge in [-0.15, -0.1) is 0 Å². The van der Waals surface area contributed by atoms with Gasteiger partial charge in [0.25, 0.3) is 0 Å². The Bertz CT molecular complexity index is 1870. The zero-order chi connectivity index (χ0) is 33.0. The highest BCUT2D eigenvalue weighted by Crippen LogP contribution is 2.42. The van der Waals surface area contributed by atoms with Crippen molar-refractivity contribution in [3.8, 4) is 34.3 Å². The monoisotopic (exact) mass is 625 g/mol. The lowest BCUT2D eigenvalue weighted by Gasteiger charge is -2.24. The average Bonchev–Trinajstić information content (AvgIpc) is 3.78. The maximum absolute atomic E-state index is 13.4. The molecule has 4 heterocycles. The first kappa shape index (κ1) is 31.1. The summed E-state index contributed by atoms with van der Waals surface area (Å²) in [6.07, 6.45) is 4.80. The van der Waals surface area contributed by atoms with Crippen LogP contribution in [0, 0.1) is 11.3 Å². The van der Waals surface area contributed by atoms with Gasteiger partial charge >= 0.3 is 12.2 Å². The first-order chi connectivity index (χ1) is 21.8. The highest BCUT2D eigenvalue weighted by molar-refractivity contribution is 5.97. The van der Waals surface area contributed by atoms with Gasteiger partial charge < -0.3 is 19.1 Å². The fraction of sp³-hybridized carbons (Fsp3) is 0.471. The lowest BCUT2D eigenvalue weighted by atomic mass is 9.97. The average molecular weight is 626 g/mol. The molecular weight excluding hydrogens is 586 g/mol. The smallest absolute Gasteiger partial charge is 0.435 e. The van der Waals surface area contributed by atoms with Crippen LogP contribution in [-0.2, 0) is 15.9 Å². The van der Waals surface area contributed by atoms with Crippen molar-refractivity contribution >= 4 is 23.2 Å².